The Morgan fingerprint density at radius 2 is 1.52 bits per heavy atom. The minimum absolute atomic E-state index is 0.142. The van der Waals surface area contributed by atoms with E-state index in [0.717, 1.165) is 37.4 Å². The van der Waals surface area contributed by atoms with E-state index in [1.165, 1.54) is 29.5 Å². The molecule has 8 nitrogen and oxygen atoms in total. The summed E-state index contributed by atoms with van der Waals surface area (Å²) in [6, 6.07) is 26.7. The normalized spacial score (nSPS) is 13.7. The van der Waals surface area contributed by atoms with Crippen LogP contribution in [0.1, 0.15) is 72.4 Å². The molecule has 0 saturated carbocycles. The van der Waals surface area contributed by atoms with Gasteiger partial charge in [0.05, 0.1) is 0 Å². The Bertz CT molecular complexity index is 1200. The van der Waals surface area contributed by atoms with Crippen molar-refractivity contribution >= 4 is 31.3 Å². The molecule has 2 aliphatic heterocycles. The second kappa shape index (κ2) is 25.4. The Morgan fingerprint density at radius 1 is 0.955 bits per heavy atom. The van der Waals surface area contributed by atoms with Gasteiger partial charge in [-0.15, -0.1) is 0 Å². The number of amides is 2. The fourth-order valence-corrected chi connectivity index (χ4v) is 4.05. The van der Waals surface area contributed by atoms with E-state index < -0.39 is 0 Å². The molecule has 2 amide bonds. The standard InChI is InChI=1S/C15H14.C10H10N2O.C5H14N2.C4H10.CH3NO.CH2O/c1-13-6-5-9-15(12-13)11-10-14-7-3-2-4-8-14;13-10-8-4-2-1-3-7(8)9-11-5-6-12(9)10;1-4-7(3)5-6-2;1-3-4-2;2-1-3;1-2/h2-12H,1H3;1-4,9,11H,5-6H2;6H,4-5H2,1-3H3;3-4H2,1-2H3;1H,(H2,2,3);1H2/b11-10+;;;;;. The molecule has 240 valence electrons. The van der Waals surface area contributed by atoms with Crippen molar-refractivity contribution in [3.8, 4) is 0 Å². The highest BCUT2D eigenvalue weighted by molar-refractivity contribution is 5.99. The zero-order valence-corrected chi connectivity index (χ0v) is 27.5. The number of nitrogens with two attached hydrogens (primary N) is 1. The van der Waals surface area contributed by atoms with Gasteiger partial charge in [0, 0.05) is 30.9 Å². The number of aryl methyl sites for hydroxylation is 1. The Balaban J connectivity index is 0.000000578. The highest BCUT2D eigenvalue weighted by atomic mass is 16.2. The van der Waals surface area contributed by atoms with Gasteiger partial charge in [0.1, 0.15) is 13.0 Å². The molecule has 3 aromatic carbocycles. The molecule has 1 fully saturated rings. The topological polar surface area (TPSA) is 108 Å². The molecule has 2 aliphatic rings. The van der Waals surface area contributed by atoms with E-state index in [-0.39, 0.29) is 18.5 Å². The fraction of sp³-hybridized carbons (Fsp3) is 0.361. The van der Waals surface area contributed by atoms with Crippen molar-refractivity contribution < 1.29 is 14.4 Å². The van der Waals surface area contributed by atoms with Crippen molar-refractivity contribution in [3.63, 3.8) is 0 Å². The van der Waals surface area contributed by atoms with Crippen LogP contribution in [0.25, 0.3) is 12.2 Å². The van der Waals surface area contributed by atoms with E-state index >= 15 is 0 Å². The van der Waals surface area contributed by atoms with Gasteiger partial charge in [0.25, 0.3) is 5.91 Å². The van der Waals surface area contributed by atoms with Crippen LogP contribution in [-0.2, 0) is 9.59 Å². The molecule has 0 radical (unpaired) electrons. The highest BCUT2D eigenvalue weighted by Gasteiger charge is 2.38. The maximum Gasteiger partial charge on any atom is 0.255 e. The smallest absolute Gasteiger partial charge is 0.255 e. The van der Waals surface area contributed by atoms with Crippen LogP contribution >= 0.6 is 0 Å². The Hall–Kier alpha value is -4.11. The third-order valence-corrected chi connectivity index (χ3v) is 6.53. The summed E-state index contributed by atoms with van der Waals surface area (Å²) in [4.78, 5) is 32.4. The lowest BCUT2D eigenvalue weighted by Gasteiger charge is -2.14. The monoisotopic (exact) mass is 603 g/mol. The summed E-state index contributed by atoms with van der Waals surface area (Å²) in [5.74, 6) is 0.172. The molecule has 1 saturated heterocycles. The SMILES string of the molecule is C=O.CCCC.CCN(C)CNC.Cc1cccc(/C=C/c2ccccc2)c1.NC=O.O=C1c2ccccc2C2NCCN12. The third kappa shape index (κ3) is 15.4. The van der Waals surface area contributed by atoms with E-state index in [1.807, 2.05) is 49.1 Å². The first-order valence-corrected chi connectivity index (χ1v) is 15.1. The van der Waals surface area contributed by atoms with Gasteiger partial charge in [-0.3, -0.25) is 19.8 Å². The van der Waals surface area contributed by atoms with Gasteiger partial charge in [-0.05, 0) is 44.8 Å². The molecule has 0 aliphatic carbocycles. The first-order valence-electron chi connectivity index (χ1n) is 15.1. The van der Waals surface area contributed by atoms with Gasteiger partial charge in [0.2, 0.25) is 6.41 Å². The van der Waals surface area contributed by atoms with Crippen molar-refractivity contribution in [1.82, 2.24) is 20.4 Å². The predicted molar refractivity (Wildman–Crippen MR) is 185 cm³/mol. The van der Waals surface area contributed by atoms with Crippen molar-refractivity contribution in [2.45, 2.75) is 46.7 Å². The van der Waals surface area contributed by atoms with E-state index in [4.69, 9.17) is 9.59 Å². The number of rotatable bonds is 6. The number of carbonyl (C=O) groups excluding carboxylic acids is 3. The Morgan fingerprint density at radius 3 is 2.07 bits per heavy atom. The van der Waals surface area contributed by atoms with Gasteiger partial charge in [-0.1, -0.05) is 124 Å². The summed E-state index contributed by atoms with van der Waals surface area (Å²) in [7, 11) is 4.03. The first-order chi connectivity index (χ1) is 21.4. The summed E-state index contributed by atoms with van der Waals surface area (Å²) in [6.45, 7) is 14.4. The molecule has 3 aromatic rings. The number of hydrogen-bond donors (Lipinski definition) is 3. The highest BCUT2D eigenvalue weighted by Crippen LogP contribution is 2.33. The average molecular weight is 604 g/mol. The number of fused-ring (bicyclic) bond motifs is 3. The molecule has 0 spiro atoms. The van der Waals surface area contributed by atoms with E-state index in [9.17, 15) is 4.79 Å². The predicted octanol–water partition coefficient (Wildman–Crippen LogP) is 5.75. The van der Waals surface area contributed by atoms with Crippen LogP contribution in [0.3, 0.4) is 0 Å². The second-order valence-corrected chi connectivity index (χ2v) is 9.92. The molecule has 5 rings (SSSR count). The molecule has 44 heavy (non-hydrogen) atoms. The van der Waals surface area contributed by atoms with Gasteiger partial charge in [-0.25, -0.2) is 0 Å². The molecule has 8 heteroatoms. The minimum Gasteiger partial charge on any atom is -0.372 e. The summed E-state index contributed by atoms with van der Waals surface area (Å²) in [5, 5.41) is 6.35. The summed E-state index contributed by atoms with van der Waals surface area (Å²) in [5.41, 5.74) is 9.94. The largest absolute Gasteiger partial charge is 0.372 e. The van der Waals surface area contributed by atoms with Crippen LogP contribution < -0.4 is 16.4 Å². The summed E-state index contributed by atoms with van der Waals surface area (Å²) < 4.78 is 0. The van der Waals surface area contributed by atoms with Gasteiger partial charge >= 0.3 is 0 Å². The average Bonchev–Trinajstić information content (AvgIpc) is 3.65. The lowest BCUT2D eigenvalue weighted by Crippen LogP contribution is -2.27. The van der Waals surface area contributed by atoms with Crippen LogP contribution in [0.2, 0.25) is 0 Å². The van der Waals surface area contributed by atoms with Crippen molar-refractivity contribution in [3.05, 3.63) is 107 Å². The second-order valence-electron chi connectivity index (χ2n) is 9.92. The van der Waals surface area contributed by atoms with E-state index in [0.29, 0.717) is 0 Å². The van der Waals surface area contributed by atoms with Gasteiger partial charge in [0.15, 0.2) is 0 Å². The van der Waals surface area contributed by atoms with Crippen LogP contribution in [-0.4, -0.2) is 69.3 Å². The number of unbranched alkanes of at least 4 members (excludes halogenated alkanes) is 1. The minimum atomic E-state index is 0.142. The third-order valence-electron chi connectivity index (χ3n) is 6.53. The zero-order chi connectivity index (χ0) is 33.2. The first kappa shape index (κ1) is 39.9. The van der Waals surface area contributed by atoms with Gasteiger partial charge in [-0.2, -0.15) is 0 Å². The van der Waals surface area contributed by atoms with Crippen molar-refractivity contribution in [1.29, 1.82) is 0 Å². The molecule has 4 N–H and O–H groups in total. The Kier molecular flexibility index (Phi) is 23.0. The number of hydrogen-bond acceptors (Lipinski definition) is 6. The van der Waals surface area contributed by atoms with Gasteiger partial charge < -0.3 is 20.7 Å². The molecular weight excluding hydrogens is 550 g/mol. The molecule has 2 heterocycles. The maximum absolute atomic E-state index is 11.8. The molecule has 1 atom stereocenters. The molecular formula is C36H53N5O3. The number of benzene rings is 3. The number of primary amides is 1. The van der Waals surface area contributed by atoms with Crippen LogP contribution in [0.5, 0.6) is 0 Å². The maximum atomic E-state index is 11.8. The molecule has 0 aromatic heterocycles. The quantitative estimate of drug-likeness (QED) is 0.188. The van der Waals surface area contributed by atoms with Crippen LogP contribution in [0, 0.1) is 6.92 Å². The van der Waals surface area contributed by atoms with Crippen molar-refractivity contribution in [2.75, 3.05) is 40.4 Å². The fourth-order valence-electron chi connectivity index (χ4n) is 4.05. The lowest BCUT2D eigenvalue weighted by atomic mass is 10.1. The summed E-state index contributed by atoms with van der Waals surface area (Å²) in [6.07, 6.45) is 7.31. The summed E-state index contributed by atoms with van der Waals surface area (Å²) >= 11 is 0. The van der Waals surface area contributed by atoms with Crippen LogP contribution in [0.4, 0.5) is 0 Å². The zero-order valence-electron chi connectivity index (χ0n) is 27.5. The molecule has 1 unspecified atom stereocenters. The van der Waals surface area contributed by atoms with E-state index in [1.54, 1.807) is 0 Å². The lowest BCUT2D eigenvalue weighted by molar-refractivity contribution is -0.107. The molecule has 0 bridgehead atoms. The Labute approximate surface area is 265 Å². The number of nitrogens with zero attached hydrogens (tertiary/aromatic N) is 2. The number of carbonyl (C=O) groups is 3. The number of nitrogens with one attached hydrogen (secondary N) is 2. The van der Waals surface area contributed by atoms with Crippen LogP contribution in [0.15, 0.2) is 78.9 Å². The van der Waals surface area contributed by atoms with E-state index in [2.05, 4.69) is 117 Å². The van der Waals surface area contributed by atoms with Crippen molar-refractivity contribution in [2.24, 2.45) is 5.73 Å².